The van der Waals surface area contributed by atoms with Crippen LogP contribution in [-0.4, -0.2) is 43.8 Å². The molecule has 8 heteroatoms. The first kappa shape index (κ1) is 30.9. The predicted molar refractivity (Wildman–Crippen MR) is 161 cm³/mol. The number of benzene rings is 3. The summed E-state index contributed by atoms with van der Waals surface area (Å²) in [5, 5.41) is 3.01. The summed E-state index contributed by atoms with van der Waals surface area (Å²) in [6.45, 7) is 11.2. The van der Waals surface area contributed by atoms with Crippen molar-refractivity contribution in [1.82, 2.24) is 10.2 Å². The highest BCUT2D eigenvalue weighted by molar-refractivity contribution is 7.92. The molecule has 0 radical (unpaired) electrons. The van der Waals surface area contributed by atoms with Gasteiger partial charge in [0.1, 0.15) is 12.6 Å². The van der Waals surface area contributed by atoms with Gasteiger partial charge in [0.05, 0.1) is 10.6 Å². The summed E-state index contributed by atoms with van der Waals surface area (Å²) in [5.74, 6) is -0.699. The highest BCUT2D eigenvalue weighted by Crippen LogP contribution is 2.29. The van der Waals surface area contributed by atoms with Gasteiger partial charge in [-0.15, -0.1) is 0 Å². The smallest absolute Gasteiger partial charge is 0.264 e. The number of hydrogen-bond acceptors (Lipinski definition) is 4. The molecule has 214 valence electrons. The van der Waals surface area contributed by atoms with Crippen LogP contribution in [0.15, 0.2) is 77.7 Å². The van der Waals surface area contributed by atoms with Gasteiger partial charge in [0.15, 0.2) is 0 Å². The fourth-order valence-electron chi connectivity index (χ4n) is 4.61. The predicted octanol–water partition coefficient (Wildman–Crippen LogP) is 5.53. The second kappa shape index (κ2) is 13.6. The number of aryl methyl sites for hydroxylation is 2. The largest absolute Gasteiger partial charge is 0.352 e. The topological polar surface area (TPSA) is 86.8 Å². The normalized spacial score (nSPS) is 12.8. The molecule has 2 amide bonds. The maximum Gasteiger partial charge on any atom is 0.264 e. The van der Waals surface area contributed by atoms with Crippen LogP contribution in [0, 0.1) is 20.8 Å². The van der Waals surface area contributed by atoms with E-state index in [1.807, 2.05) is 71.9 Å². The number of carbonyl (C=O) groups is 2. The first-order chi connectivity index (χ1) is 19.0. The molecule has 0 saturated carbocycles. The molecule has 2 atom stereocenters. The van der Waals surface area contributed by atoms with Crippen molar-refractivity contribution in [2.45, 2.75) is 77.9 Å². The number of carbonyl (C=O) groups excluding carboxylic acids is 2. The molecule has 3 aromatic rings. The van der Waals surface area contributed by atoms with Crippen molar-refractivity contribution in [2.24, 2.45) is 0 Å². The molecule has 0 heterocycles. The van der Waals surface area contributed by atoms with E-state index in [1.54, 1.807) is 30.3 Å². The van der Waals surface area contributed by atoms with Crippen molar-refractivity contribution >= 4 is 27.5 Å². The van der Waals surface area contributed by atoms with Crippen molar-refractivity contribution in [2.75, 3.05) is 10.8 Å². The number of rotatable bonds is 12. The molecule has 0 bridgehead atoms. The van der Waals surface area contributed by atoms with E-state index >= 15 is 0 Å². The average Bonchev–Trinajstić information content (AvgIpc) is 2.93. The van der Waals surface area contributed by atoms with Crippen molar-refractivity contribution in [3.63, 3.8) is 0 Å². The Hall–Kier alpha value is -3.65. The maximum absolute atomic E-state index is 14.2. The van der Waals surface area contributed by atoms with Crippen LogP contribution < -0.4 is 9.62 Å². The monoisotopic (exact) mass is 563 g/mol. The Morgan fingerprint density at radius 3 is 2.17 bits per heavy atom. The fourth-order valence-corrected chi connectivity index (χ4v) is 6.10. The van der Waals surface area contributed by atoms with Crippen LogP contribution in [0.5, 0.6) is 0 Å². The van der Waals surface area contributed by atoms with Crippen LogP contribution in [-0.2, 0) is 26.2 Å². The van der Waals surface area contributed by atoms with E-state index in [4.69, 9.17) is 0 Å². The van der Waals surface area contributed by atoms with Gasteiger partial charge >= 0.3 is 0 Å². The molecule has 3 rings (SSSR count). The first-order valence-corrected chi connectivity index (χ1v) is 15.2. The van der Waals surface area contributed by atoms with Crippen LogP contribution in [0.4, 0.5) is 5.69 Å². The van der Waals surface area contributed by atoms with Gasteiger partial charge in [-0.3, -0.25) is 13.9 Å². The van der Waals surface area contributed by atoms with Gasteiger partial charge in [-0.1, -0.05) is 74.0 Å². The molecule has 0 saturated heterocycles. The Morgan fingerprint density at radius 2 is 1.55 bits per heavy atom. The number of nitrogens with zero attached hydrogens (tertiary/aromatic N) is 2. The lowest BCUT2D eigenvalue weighted by Gasteiger charge is -2.34. The van der Waals surface area contributed by atoms with Crippen LogP contribution in [0.25, 0.3) is 0 Å². The summed E-state index contributed by atoms with van der Waals surface area (Å²) in [4.78, 5) is 29.2. The first-order valence-electron chi connectivity index (χ1n) is 13.8. The standard InChI is InChI=1S/C32H41N3O4S/c1-7-25(5)33-32(37)29(8-2)34(21-27-16-12-14-23(3)20-27)31(36)22-35(30-19-13-15-24(4)26(30)6)40(38,39)28-17-10-9-11-18-28/h9-20,25,29H,7-8,21-22H2,1-6H3,(H,33,37)/t25-,29-/m1/s1. The van der Waals surface area contributed by atoms with E-state index in [9.17, 15) is 18.0 Å². The lowest BCUT2D eigenvalue weighted by atomic mass is 10.1. The number of nitrogens with one attached hydrogen (secondary N) is 1. The third-order valence-corrected chi connectivity index (χ3v) is 9.05. The van der Waals surface area contributed by atoms with E-state index in [1.165, 1.54) is 21.3 Å². The minimum Gasteiger partial charge on any atom is -0.352 e. The molecule has 0 fully saturated rings. The minimum atomic E-state index is -4.09. The molecule has 1 N–H and O–H groups in total. The summed E-state index contributed by atoms with van der Waals surface area (Å²) in [7, 11) is -4.09. The molecule has 40 heavy (non-hydrogen) atoms. The van der Waals surface area contributed by atoms with Crippen LogP contribution in [0.1, 0.15) is 55.9 Å². The number of amides is 2. The van der Waals surface area contributed by atoms with Crippen molar-refractivity contribution in [1.29, 1.82) is 0 Å². The SMILES string of the molecule is CC[C@@H](C)NC(=O)[C@@H](CC)N(Cc1cccc(C)c1)C(=O)CN(c1cccc(C)c1C)S(=O)(=O)c1ccccc1. The molecule has 0 aliphatic rings. The lowest BCUT2D eigenvalue weighted by molar-refractivity contribution is -0.140. The average molecular weight is 564 g/mol. The molecular weight excluding hydrogens is 522 g/mol. The summed E-state index contributed by atoms with van der Waals surface area (Å²) >= 11 is 0. The Kier molecular flexibility index (Phi) is 10.5. The van der Waals surface area contributed by atoms with Gasteiger partial charge in [0.25, 0.3) is 10.0 Å². The van der Waals surface area contributed by atoms with Gasteiger partial charge in [0, 0.05) is 12.6 Å². The molecule has 0 aliphatic heterocycles. The molecular formula is C32H41N3O4S. The van der Waals surface area contributed by atoms with E-state index in [-0.39, 0.29) is 23.4 Å². The van der Waals surface area contributed by atoms with Crippen LogP contribution >= 0.6 is 0 Å². The zero-order valence-corrected chi connectivity index (χ0v) is 25.2. The number of anilines is 1. The summed E-state index contributed by atoms with van der Waals surface area (Å²) in [6, 6.07) is 20.5. The number of sulfonamides is 1. The Balaban J connectivity index is 2.09. The quantitative estimate of drug-likeness (QED) is 0.314. The molecule has 0 spiro atoms. The van der Waals surface area contributed by atoms with Crippen molar-refractivity contribution in [3.8, 4) is 0 Å². The highest BCUT2D eigenvalue weighted by Gasteiger charge is 2.34. The van der Waals surface area contributed by atoms with Crippen molar-refractivity contribution < 1.29 is 18.0 Å². The van der Waals surface area contributed by atoms with Crippen LogP contribution in [0.3, 0.4) is 0 Å². The van der Waals surface area contributed by atoms with Crippen LogP contribution in [0.2, 0.25) is 0 Å². The molecule has 0 aromatic heterocycles. The van der Waals surface area contributed by atoms with Gasteiger partial charge < -0.3 is 10.2 Å². The maximum atomic E-state index is 14.2. The summed E-state index contributed by atoms with van der Waals surface area (Å²) in [6.07, 6.45) is 1.14. The second-order valence-electron chi connectivity index (χ2n) is 10.3. The van der Waals surface area contributed by atoms with Gasteiger partial charge in [-0.25, -0.2) is 8.42 Å². The molecule has 0 aliphatic carbocycles. The Morgan fingerprint density at radius 1 is 0.875 bits per heavy atom. The fraction of sp³-hybridized carbons (Fsp3) is 0.375. The minimum absolute atomic E-state index is 0.0534. The number of hydrogen-bond donors (Lipinski definition) is 1. The highest BCUT2D eigenvalue weighted by atomic mass is 32.2. The second-order valence-corrected chi connectivity index (χ2v) is 12.2. The molecule has 7 nitrogen and oxygen atoms in total. The summed E-state index contributed by atoms with van der Waals surface area (Å²) < 4.78 is 29.2. The third-order valence-electron chi connectivity index (χ3n) is 7.28. The van der Waals surface area contributed by atoms with E-state index < -0.39 is 28.5 Å². The zero-order valence-electron chi connectivity index (χ0n) is 24.3. The van der Waals surface area contributed by atoms with Gasteiger partial charge in [0.2, 0.25) is 11.8 Å². The Labute approximate surface area is 239 Å². The summed E-state index contributed by atoms with van der Waals surface area (Å²) in [5.41, 5.74) is 4.01. The van der Waals surface area contributed by atoms with Crippen molar-refractivity contribution in [3.05, 3.63) is 95.1 Å². The zero-order chi connectivity index (χ0) is 29.4. The van der Waals surface area contributed by atoms with Gasteiger partial charge in [-0.2, -0.15) is 0 Å². The van der Waals surface area contributed by atoms with E-state index in [0.29, 0.717) is 12.1 Å². The van der Waals surface area contributed by atoms with E-state index in [0.717, 1.165) is 28.7 Å². The molecule has 3 aromatic carbocycles. The van der Waals surface area contributed by atoms with E-state index in [2.05, 4.69) is 5.32 Å². The lowest BCUT2D eigenvalue weighted by Crippen LogP contribution is -2.53. The third kappa shape index (κ3) is 7.30. The Bertz CT molecular complexity index is 1420. The molecule has 0 unspecified atom stereocenters. The van der Waals surface area contributed by atoms with Gasteiger partial charge in [-0.05, 0) is 75.4 Å².